The quantitative estimate of drug-likeness (QED) is 0.685. The van der Waals surface area contributed by atoms with Gasteiger partial charge in [0.1, 0.15) is 11.3 Å². The van der Waals surface area contributed by atoms with Crippen molar-refractivity contribution in [3.63, 3.8) is 0 Å². The van der Waals surface area contributed by atoms with Crippen molar-refractivity contribution in [3.05, 3.63) is 47.4 Å². The van der Waals surface area contributed by atoms with Crippen molar-refractivity contribution in [2.75, 3.05) is 0 Å². The number of fused-ring (bicyclic) bond motifs is 1. The zero-order valence-corrected chi connectivity index (χ0v) is 13.3. The van der Waals surface area contributed by atoms with Gasteiger partial charge in [0, 0.05) is 6.54 Å². The Morgan fingerprint density at radius 2 is 1.95 bits per heavy atom. The van der Waals surface area contributed by atoms with Crippen LogP contribution in [0.4, 0.5) is 0 Å². The molecule has 4 nitrogen and oxygen atoms in total. The van der Waals surface area contributed by atoms with E-state index in [1.807, 2.05) is 24.6 Å². The lowest BCUT2D eigenvalue weighted by Crippen LogP contribution is -2.10. The molecule has 21 heavy (non-hydrogen) atoms. The molecular weight excluding hydrogens is 284 g/mol. The lowest BCUT2D eigenvalue weighted by molar-refractivity contribution is 0.633. The molecule has 1 atom stereocenters. The highest BCUT2D eigenvalue weighted by molar-refractivity contribution is 6.20. The average Bonchev–Trinajstić information content (AvgIpc) is 2.99. The van der Waals surface area contributed by atoms with Crippen LogP contribution in [-0.4, -0.2) is 19.3 Å². The summed E-state index contributed by atoms with van der Waals surface area (Å²) >= 11 is 6.34. The third kappa shape index (κ3) is 2.44. The van der Waals surface area contributed by atoms with Gasteiger partial charge >= 0.3 is 0 Å². The van der Waals surface area contributed by atoms with Crippen LogP contribution >= 0.6 is 11.6 Å². The SMILES string of the molecule is CCn1nc(C)c2nc(C(C)Cl)n(Cc3ccccc3)c21. The number of halogens is 1. The first kappa shape index (κ1) is 14.1. The Bertz CT molecular complexity index is 756. The largest absolute Gasteiger partial charge is 0.307 e. The van der Waals surface area contributed by atoms with Gasteiger partial charge in [-0.05, 0) is 26.3 Å². The molecule has 1 aromatic carbocycles. The van der Waals surface area contributed by atoms with Gasteiger partial charge in [-0.1, -0.05) is 30.3 Å². The predicted molar refractivity (Wildman–Crippen MR) is 85.7 cm³/mol. The number of nitrogens with zero attached hydrogens (tertiary/aromatic N) is 4. The maximum absolute atomic E-state index is 6.34. The van der Waals surface area contributed by atoms with Crippen LogP contribution in [0.3, 0.4) is 0 Å². The first-order valence-electron chi connectivity index (χ1n) is 7.23. The molecule has 0 spiro atoms. The Labute approximate surface area is 129 Å². The van der Waals surface area contributed by atoms with E-state index >= 15 is 0 Å². The van der Waals surface area contributed by atoms with E-state index in [-0.39, 0.29) is 5.38 Å². The third-order valence-corrected chi connectivity index (χ3v) is 3.86. The highest BCUT2D eigenvalue weighted by atomic mass is 35.5. The van der Waals surface area contributed by atoms with Crippen molar-refractivity contribution in [3.8, 4) is 0 Å². The summed E-state index contributed by atoms with van der Waals surface area (Å²) in [6, 6.07) is 10.4. The highest BCUT2D eigenvalue weighted by Gasteiger charge is 2.20. The van der Waals surface area contributed by atoms with Crippen LogP contribution in [0, 0.1) is 6.92 Å². The molecule has 0 radical (unpaired) electrons. The van der Waals surface area contributed by atoms with E-state index in [0.717, 1.165) is 35.8 Å². The Morgan fingerprint density at radius 3 is 2.57 bits per heavy atom. The first-order valence-corrected chi connectivity index (χ1v) is 7.67. The number of hydrogen-bond donors (Lipinski definition) is 0. The molecular formula is C16H19ClN4. The molecule has 0 aliphatic carbocycles. The molecule has 0 N–H and O–H groups in total. The lowest BCUT2D eigenvalue weighted by Gasteiger charge is -2.11. The Hall–Kier alpha value is -1.81. The maximum Gasteiger partial charge on any atom is 0.159 e. The number of rotatable bonds is 4. The zero-order chi connectivity index (χ0) is 15.0. The Balaban J connectivity index is 2.20. The first-order chi connectivity index (χ1) is 10.1. The molecule has 5 heteroatoms. The molecule has 0 amide bonds. The van der Waals surface area contributed by atoms with Gasteiger partial charge in [0.15, 0.2) is 5.65 Å². The van der Waals surface area contributed by atoms with Crippen molar-refractivity contribution in [1.82, 2.24) is 19.3 Å². The van der Waals surface area contributed by atoms with Gasteiger partial charge in [-0.3, -0.25) is 0 Å². The second-order valence-corrected chi connectivity index (χ2v) is 5.89. The van der Waals surface area contributed by atoms with Gasteiger partial charge in [0.05, 0.1) is 17.6 Å². The number of aryl methyl sites for hydroxylation is 2. The molecule has 0 bridgehead atoms. The van der Waals surface area contributed by atoms with Gasteiger partial charge < -0.3 is 4.57 Å². The minimum atomic E-state index is -0.134. The van der Waals surface area contributed by atoms with Crippen LogP contribution < -0.4 is 0 Å². The van der Waals surface area contributed by atoms with Crippen LogP contribution in [0.5, 0.6) is 0 Å². The van der Waals surface area contributed by atoms with E-state index in [1.165, 1.54) is 5.56 Å². The van der Waals surface area contributed by atoms with E-state index in [1.54, 1.807) is 0 Å². The van der Waals surface area contributed by atoms with Gasteiger partial charge in [-0.15, -0.1) is 11.6 Å². The molecule has 2 aromatic heterocycles. The standard InChI is InChI=1S/C16H19ClN4/c1-4-21-16-14(12(3)19-21)18-15(11(2)17)20(16)10-13-8-6-5-7-9-13/h5-9,11H,4,10H2,1-3H3. The van der Waals surface area contributed by atoms with Crippen LogP contribution in [0.15, 0.2) is 30.3 Å². The van der Waals surface area contributed by atoms with Crippen LogP contribution in [0.2, 0.25) is 0 Å². The van der Waals surface area contributed by atoms with E-state index in [2.05, 4.69) is 40.9 Å². The summed E-state index contributed by atoms with van der Waals surface area (Å²) in [7, 11) is 0. The summed E-state index contributed by atoms with van der Waals surface area (Å²) in [5, 5.41) is 4.43. The van der Waals surface area contributed by atoms with Gasteiger partial charge in [-0.25, -0.2) is 9.67 Å². The monoisotopic (exact) mass is 302 g/mol. The molecule has 0 saturated carbocycles. The van der Waals surface area contributed by atoms with Crippen LogP contribution in [0.25, 0.3) is 11.2 Å². The van der Waals surface area contributed by atoms with Crippen LogP contribution in [0.1, 0.15) is 36.3 Å². The lowest BCUT2D eigenvalue weighted by atomic mass is 10.2. The number of aromatic nitrogens is 4. The summed E-state index contributed by atoms with van der Waals surface area (Å²) in [6.07, 6.45) is 0. The van der Waals surface area contributed by atoms with Crippen molar-refractivity contribution < 1.29 is 0 Å². The van der Waals surface area contributed by atoms with Gasteiger partial charge in [-0.2, -0.15) is 5.10 Å². The van der Waals surface area contributed by atoms with E-state index in [0.29, 0.717) is 0 Å². The zero-order valence-electron chi connectivity index (χ0n) is 12.5. The molecule has 0 aliphatic rings. The van der Waals surface area contributed by atoms with Crippen LogP contribution in [-0.2, 0) is 13.1 Å². The van der Waals surface area contributed by atoms with Crippen molar-refractivity contribution >= 4 is 22.8 Å². The van der Waals surface area contributed by atoms with Crippen molar-refractivity contribution in [2.24, 2.45) is 0 Å². The topological polar surface area (TPSA) is 35.6 Å². The molecule has 3 aromatic rings. The van der Waals surface area contributed by atoms with Gasteiger partial charge in [0.2, 0.25) is 0 Å². The van der Waals surface area contributed by atoms with Crippen molar-refractivity contribution in [1.29, 1.82) is 0 Å². The summed E-state index contributed by atoms with van der Waals surface area (Å²) in [5.74, 6) is 0.901. The highest BCUT2D eigenvalue weighted by Crippen LogP contribution is 2.27. The molecule has 3 rings (SSSR count). The molecule has 0 saturated heterocycles. The van der Waals surface area contributed by atoms with E-state index in [4.69, 9.17) is 16.6 Å². The molecule has 110 valence electrons. The fraction of sp³-hybridized carbons (Fsp3) is 0.375. The third-order valence-electron chi connectivity index (χ3n) is 3.67. The fourth-order valence-electron chi connectivity index (χ4n) is 2.69. The number of hydrogen-bond acceptors (Lipinski definition) is 2. The van der Waals surface area contributed by atoms with Gasteiger partial charge in [0.25, 0.3) is 0 Å². The second kappa shape index (κ2) is 5.53. The summed E-state index contributed by atoms with van der Waals surface area (Å²) in [5.41, 5.74) is 4.20. The molecule has 0 fully saturated rings. The van der Waals surface area contributed by atoms with E-state index < -0.39 is 0 Å². The summed E-state index contributed by atoms with van der Waals surface area (Å²) in [4.78, 5) is 4.72. The summed E-state index contributed by atoms with van der Waals surface area (Å²) < 4.78 is 4.19. The Morgan fingerprint density at radius 1 is 1.24 bits per heavy atom. The Kier molecular flexibility index (Phi) is 3.72. The average molecular weight is 303 g/mol. The van der Waals surface area contributed by atoms with E-state index in [9.17, 15) is 0 Å². The fourth-order valence-corrected chi connectivity index (χ4v) is 2.85. The minimum Gasteiger partial charge on any atom is -0.307 e. The smallest absolute Gasteiger partial charge is 0.159 e. The maximum atomic E-state index is 6.34. The number of benzene rings is 1. The molecule has 2 heterocycles. The normalized spacial score (nSPS) is 13.0. The molecule has 1 unspecified atom stereocenters. The number of imidazole rings is 1. The number of alkyl halides is 1. The predicted octanol–water partition coefficient (Wildman–Crippen LogP) is 3.91. The summed E-state index contributed by atoms with van der Waals surface area (Å²) in [6.45, 7) is 7.63. The minimum absolute atomic E-state index is 0.134. The molecule has 0 aliphatic heterocycles. The van der Waals surface area contributed by atoms with Crippen molar-refractivity contribution in [2.45, 2.75) is 39.2 Å². The second-order valence-electron chi connectivity index (χ2n) is 5.23.